The maximum absolute atomic E-state index is 12.1. The van der Waals surface area contributed by atoms with E-state index in [1.165, 1.54) is 6.92 Å². The number of nitrogens with one attached hydrogen (secondary N) is 1. The summed E-state index contributed by atoms with van der Waals surface area (Å²) in [5.41, 5.74) is 7.43. The molecule has 0 bridgehead atoms. The van der Waals surface area contributed by atoms with Crippen molar-refractivity contribution in [3.63, 3.8) is 0 Å². The van der Waals surface area contributed by atoms with Gasteiger partial charge in [0, 0.05) is 16.7 Å². The van der Waals surface area contributed by atoms with E-state index in [1.54, 1.807) is 18.2 Å². The first kappa shape index (κ1) is 18.0. The van der Waals surface area contributed by atoms with Gasteiger partial charge in [0.15, 0.2) is 6.10 Å². The second-order valence-corrected chi connectivity index (χ2v) is 6.22. The smallest absolute Gasteiger partial charge is 0.341 e. The number of carbonyl (C=O) groups excluding carboxylic acids is 2. The van der Waals surface area contributed by atoms with Crippen molar-refractivity contribution in [3.8, 4) is 0 Å². The molecule has 126 valence electrons. The molecular formula is C18H19BrN2O3. The normalized spacial score (nSPS) is 11.6. The van der Waals surface area contributed by atoms with Crippen molar-refractivity contribution >= 4 is 33.5 Å². The molecule has 0 saturated heterocycles. The molecule has 0 spiro atoms. The van der Waals surface area contributed by atoms with Gasteiger partial charge in [0.1, 0.15) is 0 Å². The van der Waals surface area contributed by atoms with Gasteiger partial charge in [0.2, 0.25) is 0 Å². The number of anilines is 1. The zero-order valence-electron chi connectivity index (χ0n) is 13.3. The Morgan fingerprint density at radius 3 is 2.62 bits per heavy atom. The summed E-state index contributed by atoms with van der Waals surface area (Å²) in [5, 5.41) is 2.76. The molecule has 3 N–H and O–H groups in total. The third-order valence-corrected chi connectivity index (χ3v) is 3.94. The highest BCUT2D eigenvalue weighted by Crippen LogP contribution is 2.19. The lowest BCUT2D eigenvalue weighted by molar-refractivity contribution is -0.129. The fourth-order valence-electron chi connectivity index (χ4n) is 2.10. The molecule has 6 heteroatoms. The molecule has 0 fully saturated rings. The minimum Gasteiger partial charge on any atom is -0.449 e. The zero-order chi connectivity index (χ0) is 17.5. The van der Waals surface area contributed by atoms with Crippen LogP contribution in [0.5, 0.6) is 0 Å². The second-order valence-electron chi connectivity index (χ2n) is 5.31. The number of hydrogen-bond donors (Lipinski definition) is 2. The average Bonchev–Trinajstić information content (AvgIpc) is 2.57. The van der Waals surface area contributed by atoms with Gasteiger partial charge in [-0.15, -0.1) is 0 Å². The third kappa shape index (κ3) is 5.09. The number of halogens is 1. The number of nitrogens with two attached hydrogens (primary N) is 1. The number of nitrogen functional groups attached to an aromatic ring is 1. The lowest BCUT2D eigenvalue weighted by Crippen LogP contribution is -2.37. The highest BCUT2D eigenvalue weighted by Gasteiger charge is 2.20. The van der Waals surface area contributed by atoms with Crippen LogP contribution in [0.2, 0.25) is 0 Å². The van der Waals surface area contributed by atoms with Crippen molar-refractivity contribution in [1.29, 1.82) is 0 Å². The fraction of sp³-hybridized carbons (Fsp3) is 0.222. The van der Waals surface area contributed by atoms with E-state index in [9.17, 15) is 9.59 Å². The Morgan fingerprint density at radius 2 is 1.92 bits per heavy atom. The SMILES string of the molecule is C[C@@H](OC(=O)c1cc(Br)ccc1N)C(=O)NCCc1ccccc1. The average molecular weight is 391 g/mol. The number of ether oxygens (including phenoxy) is 1. The van der Waals surface area contributed by atoms with Crippen molar-refractivity contribution in [2.75, 3.05) is 12.3 Å². The van der Waals surface area contributed by atoms with Crippen LogP contribution in [0.15, 0.2) is 53.0 Å². The molecule has 0 aliphatic rings. The number of hydrogen-bond acceptors (Lipinski definition) is 4. The van der Waals surface area contributed by atoms with E-state index >= 15 is 0 Å². The molecule has 2 aromatic rings. The summed E-state index contributed by atoms with van der Waals surface area (Å²) in [6.45, 7) is 2.01. The van der Waals surface area contributed by atoms with Gasteiger partial charge in [-0.1, -0.05) is 46.3 Å². The Bertz CT molecular complexity index is 719. The molecule has 0 aliphatic carbocycles. The van der Waals surface area contributed by atoms with Crippen LogP contribution in [0, 0.1) is 0 Å². The Balaban J connectivity index is 1.84. The van der Waals surface area contributed by atoms with Gasteiger partial charge >= 0.3 is 5.97 Å². The Morgan fingerprint density at radius 1 is 1.21 bits per heavy atom. The molecule has 0 heterocycles. The molecule has 1 atom stereocenters. The molecule has 0 radical (unpaired) electrons. The summed E-state index contributed by atoms with van der Waals surface area (Å²) in [6.07, 6.45) is -0.183. The lowest BCUT2D eigenvalue weighted by atomic mass is 10.1. The van der Waals surface area contributed by atoms with Crippen LogP contribution < -0.4 is 11.1 Å². The second kappa shape index (κ2) is 8.49. The predicted octanol–water partition coefficient (Wildman–Crippen LogP) is 2.94. The van der Waals surface area contributed by atoms with E-state index in [2.05, 4.69) is 21.2 Å². The summed E-state index contributed by atoms with van der Waals surface area (Å²) in [4.78, 5) is 24.1. The Hall–Kier alpha value is -2.34. The van der Waals surface area contributed by atoms with Crippen LogP contribution in [0.4, 0.5) is 5.69 Å². The first-order chi connectivity index (χ1) is 11.5. The topological polar surface area (TPSA) is 81.4 Å². The van der Waals surface area contributed by atoms with E-state index in [0.717, 1.165) is 5.56 Å². The van der Waals surface area contributed by atoms with Crippen LogP contribution in [0.3, 0.4) is 0 Å². The monoisotopic (exact) mass is 390 g/mol. The number of benzene rings is 2. The van der Waals surface area contributed by atoms with Gasteiger partial charge in [-0.25, -0.2) is 4.79 Å². The van der Waals surface area contributed by atoms with Gasteiger partial charge in [0.25, 0.3) is 5.91 Å². The molecular weight excluding hydrogens is 372 g/mol. The number of esters is 1. The van der Waals surface area contributed by atoms with Gasteiger partial charge < -0.3 is 15.8 Å². The Kier molecular flexibility index (Phi) is 6.37. The Labute approximate surface area is 149 Å². The first-order valence-corrected chi connectivity index (χ1v) is 8.34. The summed E-state index contributed by atoms with van der Waals surface area (Å²) in [5.74, 6) is -0.965. The molecule has 5 nitrogen and oxygen atoms in total. The van der Waals surface area contributed by atoms with Gasteiger partial charge in [-0.3, -0.25) is 4.79 Å². The van der Waals surface area contributed by atoms with Crippen LogP contribution in [0.1, 0.15) is 22.8 Å². The van der Waals surface area contributed by atoms with Crippen LogP contribution >= 0.6 is 15.9 Å². The number of amides is 1. The molecule has 0 aromatic heterocycles. The van der Waals surface area contributed by atoms with E-state index in [-0.39, 0.29) is 11.5 Å². The van der Waals surface area contributed by atoms with Crippen molar-refractivity contribution in [2.24, 2.45) is 0 Å². The largest absolute Gasteiger partial charge is 0.449 e. The van der Waals surface area contributed by atoms with Crippen molar-refractivity contribution in [3.05, 3.63) is 64.1 Å². The molecule has 0 unspecified atom stereocenters. The minimum atomic E-state index is -0.897. The van der Waals surface area contributed by atoms with E-state index in [0.29, 0.717) is 23.1 Å². The van der Waals surface area contributed by atoms with E-state index in [4.69, 9.17) is 10.5 Å². The standard InChI is InChI=1S/C18H19BrN2O3/c1-12(17(22)21-10-9-13-5-3-2-4-6-13)24-18(23)15-11-14(19)7-8-16(15)20/h2-8,11-12H,9-10,20H2,1H3,(H,21,22)/t12-/m1/s1. The van der Waals surface area contributed by atoms with E-state index in [1.807, 2.05) is 30.3 Å². The molecule has 24 heavy (non-hydrogen) atoms. The van der Waals surface area contributed by atoms with Crippen molar-refractivity contribution in [1.82, 2.24) is 5.32 Å². The summed E-state index contributed by atoms with van der Waals surface area (Å²) in [6, 6.07) is 14.7. The molecule has 2 rings (SSSR count). The van der Waals surface area contributed by atoms with Crippen LogP contribution in [0.25, 0.3) is 0 Å². The highest BCUT2D eigenvalue weighted by molar-refractivity contribution is 9.10. The van der Waals surface area contributed by atoms with Gasteiger partial charge in [0.05, 0.1) is 5.56 Å². The lowest BCUT2D eigenvalue weighted by Gasteiger charge is -2.14. The third-order valence-electron chi connectivity index (χ3n) is 3.44. The minimum absolute atomic E-state index is 0.230. The van der Waals surface area contributed by atoms with Gasteiger partial charge in [-0.05, 0) is 37.1 Å². The maximum Gasteiger partial charge on any atom is 0.341 e. The van der Waals surface area contributed by atoms with Crippen LogP contribution in [-0.4, -0.2) is 24.5 Å². The summed E-state index contributed by atoms with van der Waals surface area (Å²) >= 11 is 3.27. The first-order valence-electron chi connectivity index (χ1n) is 7.55. The molecule has 0 saturated carbocycles. The highest BCUT2D eigenvalue weighted by atomic mass is 79.9. The number of rotatable bonds is 6. The van der Waals surface area contributed by atoms with E-state index < -0.39 is 12.1 Å². The molecule has 2 aromatic carbocycles. The number of carbonyl (C=O) groups is 2. The van der Waals surface area contributed by atoms with Crippen molar-refractivity contribution < 1.29 is 14.3 Å². The predicted molar refractivity (Wildman–Crippen MR) is 96.6 cm³/mol. The van der Waals surface area contributed by atoms with Crippen molar-refractivity contribution in [2.45, 2.75) is 19.4 Å². The van der Waals surface area contributed by atoms with Gasteiger partial charge in [-0.2, -0.15) is 0 Å². The molecule has 0 aliphatic heterocycles. The summed E-state index contributed by atoms with van der Waals surface area (Å²) in [7, 11) is 0. The fourth-order valence-corrected chi connectivity index (χ4v) is 2.46. The van der Waals surface area contributed by atoms with Crippen LogP contribution in [-0.2, 0) is 16.0 Å². The molecule has 1 amide bonds. The maximum atomic E-state index is 12.1. The summed E-state index contributed by atoms with van der Waals surface area (Å²) < 4.78 is 5.90. The quantitative estimate of drug-likeness (QED) is 0.586. The zero-order valence-corrected chi connectivity index (χ0v) is 14.9.